The van der Waals surface area contributed by atoms with Gasteiger partial charge in [0.15, 0.2) is 0 Å². The summed E-state index contributed by atoms with van der Waals surface area (Å²) < 4.78 is 0.779. The summed E-state index contributed by atoms with van der Waals surface area (Å²) in [5.74, 6) is 0.332. The van der Waals surface area contributed by atoms with Crippen LogP contribution in [0.15, 0.2) is 46.9 Å². The number of alkyl halides is 1. The van der Waals surface area contributed by atoms with E-state index in [1.807, 2.05) is 24.3 Å². The summed E-state index contributed by atoms with van der Waals surface area (Å²) in [6.07, 6.45) is 0. The van der Waals surface area contributed by atoms with Crippen molar-refractivity contribution in [2.75, 3.05) is 0 Å². The average molecular weight is 373 g/mol. The smallest absolute Gasteiger partial charge is 0.251 e. The molecule has 20 heavy (non-hydrogen) atoms. The van der Waals surface area contributed by atoms with Gasteiger partial charge in [-0.05, 0) is 29.3 Å². The summed E-state index contributed by atoms with van der Waals surface area (Å²) in [7, 11) is 0. The largest absolute Gasteiger partial charge is 0.348 e. The highest BCUT2D eigenvalue weighted by Gasteiger charge is 2.07. The van der Waals surface area contributed by atoms with Crippen LogP contribution in [0.5, 0.6) is 0 Å². The van der Waals surface area contributed by atoms with E-state index in [1.54, 1.807) is 18.2 Å². The topological polar surface area (TPSA) is 29.1 Å². The maximum absolute atomic E-state index is 12.0. The van der Waals surface area contributed by atoms with Gasteiger partial charge in [-0.25, -0.2) is 0 Å². The molecule has 2 aromatic carbocycles. The monoisotopic (exact) mass is 371 g/mol. The zero-order chi connectivity index (χ0) is 14.5. The maximum Gasteiger partial charge on any atom is 0.251 e. The number of hydrogen-bond acceptors (Lipinski definition) is 1. The van der Waals surface area contributed by atoms with Crippen LogP contribution in [0.3, 0.4) is 0 Å². The molecule has 1 N–H and O–H groups in total. The van der Waals surface area contributed by atoms with Gasteiger partial charge in [0.2, 0.25) is 0 Å². The summed E-state index contributed by atoms with van der Waals surface area (Å²) in [6.45, 7) is 0.464. The lowest BCUT2D eigenvalue weighted by atomic mass is 10.1. The van der Waals surface area contributed by atoms with Crippen molar-refractivity contribution in [2.24, 2.45) is 0 Å². The zero-order valence-corrected chi connectivity index (χ0v) is 13.6. The molecule has 0 heterocycles. The first-order valence-electron chi connectivity index (χ1n) is 5.96. The lowest BCUT2D eigenvalue weighted by Gasteiger charge is -2.07. The second kappa shape index (κ2) is 7.11. The molecule has 0 fully saturated rings. The predicted molar refractivity (Wildman–Crippen MR) is 86.3 cm³/mol. The Morgan fingerprint density at radius 2 is 1.75 bits per heavy atom. The van der Waals surface area contributed by atoms with Gasteiger partial charge < -0.3 is 5.32 Å². The Morgan fingerprint density at radius 1 is 1.10 bits per heavy atom. The SMILES string of the molecule is O=C(NCc1ccc(CCl)cc1)c1cc(Cl)cc(Br)c1. The minimum atomic E-state index is -0.158. The van der Waals surface area contributed by atoms with E-state index in [1.165, 1.54) is 0 Å². The summed E-state index contributed by atoms with van der Waals surface area (Å²) in [5, 5.41) is 3.38. The van der Waals surface area contributed by atoms with E-state index < -0.39 is 0 Å². The van der Waals surface area contributed by atoms with Crippen molar-refractivity contribution in [3.8, 4) is 0 Å². The molecular formula is C15H12BrCl2NO. The highest BCUT2D eigenvalue weighted by atomic mass is 79.9. The van der Waals surface area contributed by atoms with Gasteiger partial charge in [-0.3, -0.25) is 4.79 Å². The van der Waals surface area contributed by atoms with Crippen molar-refractivity contribution in [1.29, 1.82) is 0 Å². The number of nitrogens with one attached hydrogen (secondary N) is 1. The predicted octanol–water partition coefficient (Wildman–Crippen LogP) is 4.77. The average Bonchev–Trinajstić information content (AvgIpc) is 2.44. The van der Waals surface area contributed by atoms with Crippen LogP contribution in [0.4, 0.5) is 0 Å². The maximum atomic E-state index is 12.0. The Balaban J connectivity index is 2.00. The third-order valence-corrected chi connectivity index (χ3v) is 3.74. The van der Waals surface area contributed by atoms with Crippen LogP contribution in [0, 0.1) is 0 Å². The molecule has 2 nitrogen and oxygen atoms in total. The lowest BCUT2D eigenvalue weighted by Crippen LogP contribution is -2.22. The van der Waals surface area contributed by atoms with Crippen LogP contribution in [0.2, 0.25) is 5.02 Å². The van der Waals surface area contributed by atoms with Crippen LogP contribution in [-0.4, -0.2) is 5.91 Å². The molecule has 2 rings (SSSR count). The zero-order valence-electron chi connectivity index (χ0n) is 10.5. The first-order chi connectivity index (χ1) is 9.58. The van der Waals surface area contributed by atoms with Crippen molar-refractivity contribution in [3.05, 3.63) is 68.7 Å². The first kappa shape index (κ1) is 15.4. The van der Waals surface area contributed by atoms with Gasteiger partial charge in [0.05, 0.1) is 0 Å². The van der Waals surface area contributed by atoms with Gasteiger partial charge in [-0.15, -0.1) is 11.6 Å². The second-order valence-corrected chi connectivity index (χ2v) is 5.91. The highest BCUT2D eigenvalue weighted by Crippen LogP contribution is 2.19. The van der Waals surface area contributed by atoms with Crippen molar-refractivity contribution < 1.29 is 4.79 Å². The van der Waals surface area contributed by atoms with Gasteiger partial charge in [-0.2, -0.15) is 0 Å². The fraction of sp³-hybridized carbons (Fsp3) is 0.133. The van der Waals surface area contributed by atoms with Gasteiger partial charge in [0, 0.05) is 27.5 Å². The molecule has 0 aromatic heterocycles. The standard InChI is InChI=1S/C15H12BrCl2NO/c16-13-5-12(6-14(18)7-13)15(20)19-9-11-3-1-10(8-17)2-4-11/h1-7H,8-9H2,(H,19,20). The minimum Gasteiger partial charge on any atom is -0.348 e. The van der Waals surface area contributed by atoms with Crippen LogP contribution < -0.4 is 5.32 Å². The van der Waals surface area contributed by atoms with E-state index in [2.05, 4.69) is 21.2 Å². The quantitative estimate of drug-likeness (QED) is 0.769. The molecule has 1 amide bonds. The van der Waals surface area contributed by atoms with Crippen molar-refractivity contribution >= 4 is 45.0 Å². The molecule has 0 saturated carbocycles. The van der Waals surface area contributed by atoms with Crippen molar-refractivity contribution in [3.63, 3.8) is 0 Å². The number of carbonyl (C=O) groups excluding carboxylic acids is 1. The minimum absolute atomic E-state index is 0.158. The molecule has 0 spiro atoms. The number of amides is 1. The molecular weight excluding hydrogens is 361 g/mol. The fourth-order valence-electron chi connectivity index (χ4n) is 1.72. The molecule has 2 aromatic rings. The third kappa shape index (κ3) is 4.23. The van der Waals surface area contributed by atoms with Crippen LogP contribution in [-0.2, 0) is 12.4 Å². The Morgan fingerprint density at radius 3 is 2.35 bits per heavy atom. The molecule has 0 aliphatic rings. The second-order valence-electron chi connectivity index (χ2n) is 4.29. The van der Waals surface area contributed by atoms with E-state index in [9.17, 15) is 4.79 Å². The molecule has 5 heteroatoms. The van der Waals surface area contributed by atoms with Crippen LogP contribution >= 0.6 is 39.1 Å². The van der Waals surface area contributed by atoms with Crippen molar-refractivity contribution in [1.82, 2.24) is 5.32 Å². The number of benzene rings is 2. The number of rotatable bonds is 4. The molecule has 0 saturated heterocycles. The highest BCUT2D eigenvalue weighted by molar-refractivity contribution is 9.10. The lowest BCUT2D eigenvalue weighted by molar-refractivity contribution is 0.0951. The molecule has 0 aliphatic heterocycles. The number of hydrogen-bond donors (Lipinski definition) is 1. The van der Waals surface area contributed by atoms with E-state index >= 15 is 0 Å². The van der Waals surface area contributed by atoms with Crippen molar-refractivity contribution in [2.45, 2.75) is 12.4 Å². The molecule has 0 unspecified atom stereocenters. The molecule has 104 valence electrons. The fourth-order valence-corrected chi connectivity index (χ4v) is 2.75. The first-order valence-corrected chi connectivity index (χ1v) is 7.67. The van der Waals surface area contributed by atoms with E-state index in [-0.39, 0.29) is 5.91 Å². The Labute approximate surface area is 136 Å². The van der Waals surface area contributed by atoms with Gasteiger partial charge in [0.25, 0.3) is 5.91 Å². The Kier molecular flexibility index (Phi) is 5.46. The summed E-state index contributed by atoms with van der Waals surface area (Å²) in [4.78, 5) is 12.0. The van der Waals surface area contributed by atoms with Gasteiger partial charge >= 0.3 is 0 Å². The molecule has 0 radical (unpaired) electrons. The van der Waals surface area contributed by atoms with E-state index in [0.29, 0.717) is 23.0 Å². The third-order valence-electron chi connectivity index (χ3n) is 2.76. The molecule has 0 aliphatic carbocycles. The Hall–Kier alpha value is -1.03. The van der Waals surface area contributed by atoms with Gasteiger partial charge in [0.1, 0.15) is 0 Å². The van der Waals surface area contributed by atoms with Gasteiger partial charge in [-0.1, -0.05) is 51.8 Å². The van der Waals surface area contributed by atoms with Crippen LogP contribution in [0.1, 0.15) is 21.5 Å². The van der Waals surface area contributed by atoms with Crippen LogP contribution in [0.25, 0.3) is 0 Å². The summed E-state index contributed by atoms with van der Waals surface area (Å²) in [6, 6.07) is 12.9. The molecule has 0 atom stereocenters. The van der Waals surface area contributed by atoms with E-state index in [4.69, 9.17) is 23.2 Å². The Bertz CT molecular complexity index is 594. The number of halogens is 3. The van der Waals surface area contributed by atoms with E-state index in [0.717, 1.165) is 15.6 Å². The number of carbonyl (C=O) groups is 1. The normalized spacial score (nSPS) is 10.3. The summed E-state index contributed by atoms with van der Waals surface area (Å²) in [5.41, 5.74) is 2.61. The summed E-state index contributed by atoms with van der Waals surface area (Å²) >= 11 is 15.0. The molecule has 0 bridgehead atoms.